The molecule has 0 spiro atoms. The van der Waals surface area contributed by atoms with Gasteiger partial charge in [0.15, 0.2) is 0 Å². The lowest BCUT2D eigenvalue weighted by Gasteiger charge is -2.05. The summed E-state index contributed by atoms with van der Waals surface area (Å²) in [5, 5.41) is 10.8. The van der Waals surface area contributed by atoms with Gasteiger partial charge in [0.25, 0.3) is 0 Å². The van der Waals surface area contributed by atoms with Crippen LogP contribution in [-0.2, 0) is 6.54 Å². The first-order valence-corrected chi connectivity index (χ1v) is 5.09. The monoisotopic (exact) mass is 237 g/mol. The highest BCUT2D eigenvalue weighted by molar-refractivity contribution is 6.30. The van der Waals surface area contributed by atoms with Crippen LogP contribution < -0.4 is 5.32 Å². The molecule has 2 rings (SSSR count). The van der Waals surface area contributed by atoms with E-state index in [1.807, 2.05) is 0 Å². The van der Waals surface area contributed by atoms with E-state index in [9.17, 15) is 4.39 Å². The fraction of sp³-hybridized carbons (Fsp3) is 0.0909. The maximum absolute atomic E-state index is 12.9. The third kappa shape index (κ3) is 2.67. The van der Waals surface area contributed by atoms with E-state index in [4.69, 9.17) is 11.6 Å². The van der Waals surface area contributed by atoms with Gasteiger partial charge < -0.3 is 5.32 Å². The summed E-state index contributed by atoms with van der Waals surface area (Å²) in [6, 6.07) is 8.19. The molecule has 16 heavy (non-hydrogen) atoms. The zero-order valence-electron chi connectivity index (χ0n) is 8.32. The lowest BCUT2D eigenvalue weighted by Crippen LogP contribution is -2.01. The number of rotatable bonds is 3. The van der Waals surface area contributed by atoms with E-state index in [1.165, 1.54) is 6.07 Å². The molecule has 0 aliphatic heterocycles. The van der Waals surface area contributed by atoms with Crippen LogP contribution in [0.25, 0.3) is 0 Å². The van der Waals surface area contributed by atoms with E-state index in [-0.39, 0.29) is 5.02 Å². The summed E-state index contributed by atoms with van der Waals surface area (Å²) >= 11 is 5.66. The van der Waals surface area contributed by atoms with Crippen LogP contribution in [-0.4, -0.2) is 10.2 Å². The quantitative estimate of drug-likeness (QED) is 0.892. The molecule has 0 aliphatic rings. The Morgan fingerprint density at radius 2 is 2.19 bits per heavy atom. The molecule has 0 fully saturated rings. The van der Waals surface area contributed by atoms with Gasteiger partial charge in [-0.05, 0) is 29.8 Å². The SMILES string of the molecule is Fc1ccc(CNc2cccnn2)cc1Cl. The second-order valence-corrected chi connectivity index (χ2v) is 3.62. The third-order valence-corrected chi connectivity index (χ3v) is 2.32. The zero-order valence-corrected chi connectivity index (χ0v) is 9.08. The van der Waals surface area contributed by atoms with E-state index in [1.54, 1.807) is 30.5 Å². The molecule has 0 saturated heterocycles. The molecule has 1 heterocycles. The van der Waals surface area contributed by atoms with Crippen molar-refractivity contribution < 1.29 is 4.39 Å². The van der Waals surface area contributed by atoms with Gasteiger partial charge in [0.1, 0.15) is 11.6 Å². The Balaban J connectivity index is 2.03. The largest absolute Gasteiger partial charge is 0.365 e. The van der Waals surface area contributed by atoms with Crippen molar-refractivity contribution in [3.63, 3.8) is 0 Å². The Bertz CT molecular complexity index is 476. The highest BCUT2D eigenvalue weighted by Crippen LogP contribution is 2.16. The van der Waals surface area contributed by atoms with Gasteiger partial charge in [-0.1, -0.05) is 17.7 Å². The van der Waals surface area contributed by atoms with Gasteiger partial charge in [0, 0.05) is 12.7 Å². The van der Waals surface area contributed by atoms with Crippen LogP contribution in [0.1, 0.15) is 5.56 Å². The van der Waals surface area contributed by atoms with Crippen molar-refractivity contribution in [3.05, 3.63) is 52.9 Å². The van der Waals surface area contributed by atoms with Gasteiger partial charge in [0.05, 0.1) is 5.02 Å². The fourth-order valence-corrected chi connectivity index (χ4v) is 1.44. The van der Waals surface area contributed by atoms with Crippen LogP contribution in [0.5, 0.6) is 0 Å². The molecular formula is C11H9ClFN3. The normalized spacial score (nSPS) is 10.1. The number of hydrogen-bond acceptors (Lipinski definition) is 3. The van der Waals surface area contributed by atoms with Crippen LogP contribution >= 0.6 is 11.6 Å². The van der Waals surface area contributed by atoms with Crippen molar-refractivity contribution in [1.82, 2.24) is 10.2 Å². The number of anilines is 1. The number of halogens is 2. The number of nitrogens with zero attached hydrogens (tertiary/aromatic N) is 2. The second-order valence-electron chi connectivity index (χ2n) is 3.21. The zero-order chi connectivity index (χ0) is 11.4. The molecule has 0 unspecified atom stereocenters. The van der Waals surface area contributed by atoms with Crippen molar-refractivity contribution in [3.8, 4) is 0 Å². The van der Waals surface area contributed by atoms with Gasteiger partial charge >= 0.3 is 0 Å². The van der Waals surface area contributed by atoms with Gasteiger partial charge in [0.2, 0.25) is 0 Å². The van der Waals surface area contributed by atoms with Crippen molar-refractivity contribution in [1.29, 1.82) is 0 Å². The molecule has 1 aromatic heterocycles. The summed E-state index contributed by atoms with van der Waals surface area (Å²) in [6.07, 6.45) is 1.60. The summed E-state index contributed by atoms with van der Waals surface area (Å²) in [4.78, 5) is 0. The fourth-order valence-electron chi connectivity index (χ4n) is 1.24. The number of nitrogens with one attached hydrogen (secondary N) is 1. The average Bonchev–Trinajstić information content (AvgIpc) is 2.32. The van der Waals surface area contributed by atoms with Crippen molar-refractivity contribution in [2.75, 3.05) is 5.32 Å². The minimum absolute atomic E-state index is 0.124. The second kappa shape index (κ2) is 4.90. The molecule has 82 valence electrons. The molecule has 0 saturated carbocycles. The van der Waals surface area contributed by atoms with Crippen molar-refractivity contribution in [2.24, 2.45) is 0 Å². The maximum atomic E-state index is 12.9. The first kappa shape index (κ1) is 10.8. The Hall–Kier alpha value is -1.68. The van der Waals surface area contributed by atoms with Crippen LogP contribution in [0, 0.1) is 5.82 Å². The first-order chi connectivity index (χ1) is 7.75. The molecule has 0 atom stereocenters. The molecule has 0 radical (unpaired) electrons. The van der Waals surface area contributed by atoms with Crippen LogP contribution in [0.2, 0.25) is 5.02 Å². The van der Waals surface area contributed by atoms with Gasteiger partial charge in [-0.15, -0.1) is 5.10 Å². The summed E-state index contributed by atoms with van der Waals surface area (Å²) in [5.74, 6) is 0.257. The number of hydrogen-bond donors (Lipinski definition) is 1. The van der Waals surface area contributed by atoms with E-state index < -0.39 is 5.82 Å². The lowest BCUT2D eigenvalue weighted by atomic mass is 10.2. The smallest absolute Gasteiger partial charge is 0.148 e. The van der Waals surface area contributed by atoms with Gasteiger partial charge in [-0.3, -0.25) is 0 Å². The third-order valence-electron chi connectivity index (χ3n) is 2.03. The molecule has 1 N–H and O–H groups in total. The highest BCUT2D eigenvalue weighted by Gasteiger charge is 2.00. The topological polar surface area (TPSA) is 37.8 Å². The van der Waals surface area contributed by atoms with E-state index in [0.717, 1.165) is 5.56 Å². The molecular weight excluding hydrogens is 229 g/mol. The lowest BCUT2D eigenvalue weighted by molar-refractivity contribution is 0.627. The van der Waals surface area contributed by atoms with E-state index in [0.29, 0.717) is 12.4 Å². The molecule has 5 heteroatoms. The van der Waals surface area contributed by atoms with Crippen LogP contribution in [0.4, 0.5) is 10.2 Å². The number of aromatic nitrogens is 2. The summed E-state index contributed by atoms with van der Waals surface area (Å²) < 4.78 is 12.9. The van der Waals surface area contributed by atoms with Gasteiger partial charge in [-0.2, -0.15) is 5.10 Å². The minimum Gasteiger partial charge on any atom is -0.365 e. The van der Waals surface area contributed by atoms with Crippen molar-refractivity contribution >= 4 is 17.4 Å². The standard InChI is InChI=1S/C11H9ClFN3/c12-9-6-8(3-4-10(9)13)7-14-11-2-1-5-15-16-11/h1-6H,7H2,(H,14,16). The van der Waals surface area contributed by atoms with Crippen LogP contribution in [0.3, 0.4) is 0 Å². The van der Waals surface area contributed by atoms with Crippen molar-refractivity contribution in [2.45, 2.75) is 6.54 Å². The minimum atomic E-state index is -0.412. The molecule has 0 amide bonds. The van der Waals surface area contributed by atoms with Crippen LogP contribution in [0.15, 0.2) is 36.5 Å². The molecule has 3 nitrogen and oxygen atoms in total. The molecule has 0 aliphatic carbocycles. The number of benzene rings is 1. The Morgan fingerprint density at radius 1 is 1.31 bits per heavy atom. The first-order valence-electron chi connectivity index (χ1n) is 4.71. The maximum Gasteiger partial charge on any atom is 0.148 e. The molecule has 0 bridgehead atoms. The average molecular weight is 238 g/mol. The molecule has 1 aromatic carbocycles. The Labute approximate surface area is 97.3 Å². The summed E-state index contributed by atoms with van der Waals surface area (Å²) in [5.41, 5.74) is 0.886. The summed E-state index contributed by atoms with van der Waals surface area (Å²) in [7, 11) is 0. The van der Waals surface area contributed by atoms with E-state index in [2.05, 4.69) is 15.5 Å². The summed E-state index contributed by atoms with van der Waals surface area (Å²) in [6.45, 7) is 0.526. The molecule has 2 aromatic rings. The predicted molar refractivity (Wildman–Crippen MR) is 60.8 cm³/mol. The van der Waals surface area contributed by atoms with E-state index >= 15 is 0 Å². The predicted octanol–water partition coefficient (Wildman–Crippen LogP) is 2.88. The Kier molecular flexibility index (Phi) is 3.31. The van der Waals surface area contributed by atoms with Gasteiger partial charge in [-0.25, -0.2) is 4.39 Å². The highest BCUT2D eigenvalue weighted by atomic mass is 35.5. The Morgan fingerprint density at radius 3 is 2.88 bits per heavy atom.